The lowest BCUT2D eigenvalue weighted by molar-refractivity contribution is -0.150. The van der Waals surface area contributed by atoms with Crippen LogP contribution in [0.3, 0.4) is 0 Å². The van der Waals surface area contributed by atoms with Crippen LogP contribution in [-0.2, 0) is 4.79 Å². The summed E-state index contributed by atoms with van der Waals surface area (Å²) in [6.45, 7) is 6.54. The largest absolute Gasteiger partial charge is 0.342 e. The van der Waals surface area contributed by atoms with E-state index in [-0.39, 0.29) is 5.41 Å². The molecule has 0 atom stereocenters. The Kier molecular flexibility index (Phi) is 3.13. The lowest BCUT2D eigenvalue weighted by Gasteiger charge is -2.46. The van der Waals surface area contributed by atoms with E-state index in [0.717, 1.165) is 32.4 Å². The third-order valence-corrected chi connectivity index (χ3v) is 5.88. The first-order valence-electron chi connectivity index (χ1n) is 7.70. The Morgan fingerprint density at radius 1 is 1.17 bits per heavy atom. The number of nitrogens with zero attached hydrogens (tertiary/aromatic N) is 1. The first-order chi connectivity index (χ1) is 8.70. The van der Waals surface area contributed by atoms with Crippen LogP contribution in [-0.4, -0.2) is 37.0 Å². The number of carbonyl (C=O) groups is 1. The molecule has 0 aromatic heterocycles. The molecule has 2 aliphatic heterocycles. The Hall–Kier alpha value is -0.570. The molecule has 0 unspecified atom stereocenters. The van der Waals surface area contributed by atoms with Gasteiger partial charge in [-0.1, -0.05) is 13.3 Å². The molecule has 1 saturated carbocycles. The summed E-state index contributed by atoms with van der Waals surface area (Å²) in [4.78, 5) is 14.8. The molecule has 3 rings (SSSR count). The van der Waals surface area contributed by atoms with Crippen molar-refractivity contribution in [1.29, 1.82) is 0 Å². The molecule has 0 aromatic carbocycles. The van der Waals surface area contributed by atoms with Crippen molar-refractivity contribution in [3.05, 3.63) is 0 Å². The SMILES string of the molecule is CCC1(C(=O)N2CCC3(CCNC3)CC2)CCC1. The van der Waals surface area contributed by atoms with Crippen LogP contribution in [0.4, 0.5) is 0 Å². The van der Waals surface area contributed by atoms with Crippen molar-refractivity contribution >= 4 is 5.91 Å². The smallest absolute Gasteiger partial charge is 0.228 e. The Balaban J connectivity index is 1.60. The molecule has 0 bridgehead atoms. The summed E-state index contributed by atoms with van der Waals surface area (Å²) in [5, 5.41) is 3.49. The van der Waals surface area contributed by atoms with Gasteiger partial charge in [-0.2, -0.15) is 0 Å². The van der Waals surface area contributed by atoms with Gasteiger partial charge in [-0.25, -0.2) is 0 Å². The summed E-state index contributed by atoms with van der Waals surface area (Å²) in [6, 6.07) is 0. The molecule has 3 aliphatic rings. The highest BCUT2D eigenvalue weighted by Gasteiger charge is 2.46. The number of carbonyl (C=O) groups excluding carboxylic acids is 1. The van der Waals surface area contributed by atoms with E-state index in [9.17, 15) is 4.79 Å². The Labute approximate surface area is 110 Å². The lowest BCUT2D eigenvalue weighted by Crippen LogP contribution is -2.52. The Bertz CT molecular complexity index is 314. The van der Waals surface area contributed by atoms with Crippen LogP contribution in [0.15, 0.2) is 0 Å². The van der Waals surface area contributed by atoms with E-state index >= 15 is 0 Å². The monoisotopic (exact) mass is 250 g/mol. The van der Waals surface area contributed by atoms with E-state index in [1.807, 2.05) is 0 Å². The maximum atomic E-state index is 12.6. The standard InChI is InChI=1S/C15H26N2O/c1-2-15(4-3-5-15)13(18)17-10-7-14(8-11-17)6-9-16-12-14/h16H,2-12H2,1H3. The van der Waals surface area contributed by atoms with Gasteiger partial charge in [0.15, 0.2) is 0 Å². The minimum absolute atomic E-state index is 0.0401. The molecule has 2 saturated heterocycles. The van der Waals surface area contributed by atoms with Gasteiger partial charge in [-0.05, 0) is 50.5 Å². The zero-order valence-electron chi connectivity index (χ0n) is 11.6. The predicted molar refractivity (Wildman–Crippen MR) is 72.3 cm³/mol. The highest BCUT2D eigenvalue weighted by molar-refractivity contribution is 5.83. The second-order valence-corrected chi connectivity index (χ2v) is 6.71. The van der Waals surface area contributed by atoms with E-state index < -0.39 is 0 Å². The van der Waals surface area contributed by atoms with Crippen molar-refractivity contribution in [2.45, 2.75) is 51.9 Å². The molecule has 3 heteroatoms. The summed E-state index contributed by atoms with van der Waals surface area (Å²) in [7, 11) is 0. The van der Waals surface area contributed by atoms with E-state index in [4.69, 9.17) is 0 Å². The Morgan fingerprint density at radius 2 is 1.89 bits per heavy atom. The van der Waals surface area contributed by atoms with Gasteiger partial charge in [0.05, 0.1) is 0 Å². The number of likely N-dealkylation sites (tertiary alicyclic amines) is 1. The molecule has 0 radical (unpaired) electrons. The fourth-order valence-corrected chi connectivity index (χ4v) is 4.06. The first kappa shape index (κ1) is 12.5. The average Bonchev–Trinajstić information content (AvgIpc) is 2.78. The summed E-state index contributed by atoms with van der Waals surface area (Å²) in [5.41, 5.74) is 0.564. The quantitative estimate of drug-likeness (QED) is 0.814. The van der Waals surface area contributed by atoms with Gasteiger partial charge >= 0.3 is 0 Å². The van der Waals surface area contributed by atoms with Crippen LogP contribution in [0.2, 0.25) is 0 Å². The van der Waals surface area contributed by atoms with Gasteiger partial charge in [0.25, 0.3) is 0 Å². The fraction of sp³-hybridized carbons (Fsp3) is 0.933. The second-order valence-electron chi connectivity index (χ2n) is 6.71. The third-order valence-electron chi connectivity index (χ3n) is 5.88. The number of hydrogen-bond acceptors (Lipinski definition) is 2. The van der Waals surface area contributed by atoms with Gasteiger partial charge in [0.2, 0.25) is 5.91 Å². The van der Waals surface area contributed by atoms with Crippen LogP contribution in [0, 0.1) is 10.8 Å². The van der Waals surface area contributed by atoms with Gasteiger partial charge in [0.1, 0.15) is 0 Å². The molecule has 1 amide bonds. The topological polar surface area (TPSA) is 32.3 Å². The highest BCUT2D eigenvalue weighted by atomic mass is 16.2. The van der Waals surface area contributed by atoms with E-state index in [2.05, 4.69) is 17.1 Å². The van der Waals surface area contributed by atoms with Crippen LogP contribution in [0.1, 0.15) is 51.9 Å². The third kappa shape index (κ3) is 1.87. The van der Waals surface area contributed by atoms with Crippen molar-refractivity contribution in [3.8, 4) is 0 Å². The van der Waals surface area contributed by atoms with Crippen molar-refractivity contribution in [3.63, 3.8) is 0 Å². The number of nitrogens with one attached hydrogen (secondary N) is 1. The molecular formula is C15H26N2O. The van der Waals surface area contributed by atoms with Crippen LogP contribution < -0.4 is 5.32 Å². The molecule has 102 valence electrons. The fourth-order valence-electron chi connectivity index (χ4n) is 4.06. The second kappa shape index (κ2) is 4.52. The van der Waals surface area contributed by atoms with Crippen LogP contribution >= 0.6 is 0 Å². The molecule has 1 aliphatic carbocycles. The lowest BCUT2D eigenvalue weighted by atomic mass is 9.65. The maximum Gasteiger partial charge on any atom is 0.228 e. The van der Waals surface area contributed by atoms with Crippen molar-refractivity contribution < 1.29 is 4.79 Å². The van der Waals surface area contributed by atoms with Gasteiger partial charge in [-0.3, -0.25) is 4.79 Å². The number of piperidine rings is 1. The van der Waals surface area contributed by atoms with E-state index in [1.165, 1.54) is 38.8 Å². The van der Waals surface area contributed by atoms with Gasteiger partial charge in [-0.15, -0.1) is 0 Å². The van der Waals surface area contributed by atoms with Crippen molar-refractivity contribution in [2.24, 2.45) is 10.8 Å². The number of amides is 1. The van der Waals surface area contributed by atoms with Gasteiger partial charge < -0.3 is 10.2 Å². The zero-order valence-corrected chi connectivity index (χ0v) is 11.6. The summed E-state index contributed by atoms with van der Waals surface area (Å²) in [5.74, 6) is 0.469. The minimum Gasteiger partial charge on any atom is -0.342 e. The Morgan fingerprint density at radius 3 is 2.33 bits per heavy atom. The molecule has 1 spiro atoms. The predicted octanol–water partition coefficient (Wildman–Crippen LogP) is 2.17. The summed E-state index contributed by atoms with van der Waals surface area (Å²) < 4.78 is 0. The summed E-state index contributed by atoms with van der Waals surface area (Å²) in [6.07, 6.45) is 8.29. The summed E-state index contributed by atoms with van der Waals surface area (Å²) >= 11 is 0. The van der Waals surface area contributed by atoms with E-state index in [1.54, 1.807) is 0 Å². The number of hydrogen-bond donors (Lipinski definition) is 1. The van der Waals surface area contributed by atoms with Gasteiger partial charge in [0, 0.05) is 25.0 Å². The molecule has 3 fully saturated rings. The maximum absolute atomic E-state index is 12.6. The van der Waals surface area contributed by atoms with E-state index in [0.29, 0.717) is 11.3 Å². The molecule has 1 N–H and O–H groups in total. The number of rotatable bonds is 2. The minimum atomic E-state index is 0.0401. The zero-order chi connectivity index (χ0) is 12.6. The van der Waals surface area contributed by atoms with Crippen molar-refractivity contribution in [2.75, 3.05) is 26.2 Å². The molecule has 3 nitrogen and oxygen atoms in total. The molecular weight excluding hydrogens is 224 g/mol. The average molecular weight is 250 g/mol. The highest BCUT2D eigenvalue weighted by Crippen LogP contribution is 2.46. The van der Waals surface area contributed by atoms with Crippen molar-refractivity contribution in [1.82, 2.24) is 10.2 Å². The molecule has 0 aromatic rings. The van der Waals surface area contributed by atoms with Crippen LogP contribution in [0.25, 0.3) is 0 Å². The first-order valence-corrected chi connectivity index (χ1v) is 7.70. The van der Waals surface area contributed by atoms with Crippen LogP contribution in [0.5, 0.6) is 0 Å². The normalized spacial score (nSPS) is 29.3. The molecule has 2 heterocycles. The molecule has 18 heavy (non-hydrogen) atoms.